The summed E-state index contributed by atoms with van der Waals surface area (Å²) in [5, 5.41) is 17.7. The van der Waals surface area contributed by atoms with Gasteiger partial charge in [-0.3, -0.25) is 4.98 Å². The molecule has 0 radical (unpaired) electrons. The molecule has 194 valence electrons. The molecule has 1 saturated heterocycles. The molecule has 7 nitrogen and oxygen atoms in total. The van der Waals surface area contributed by atoms with Crippen LogP contribution in [0.25, 0.3) is 0 Å². The first-order valence-electron chi connectivity index (χ1n) is 10.2. The first kappa shape index (κ1) is 29.8. The number of nitrogens with one attached hydrogen (secondary N) is 1. The van der Waals surface area contributed by atoms with Crippen LogP contribution in [0, 0.1) is 5.92 Å². The third-order valence-electron chi connectivity index (χ3n) is 4.55. The number of piperidine rings is 1. The van der Waals surface area contributed by atoms with E-state index >= 15 is 0 Å². The Balaban J connectivity index is 0.000000362. The topological polar surface area (TPSA) is 109 Å². The second-order valence-electron chi connectivity index (χ2n) is 7.26. The predicted molar refractivity (Wildman–Crippen MR) is 111 cm³/mol. The van der Waals surface area contributed by atoms with Gasteiger partial charge in [0.25, 0.3) is 0 Å². The number of carbonyl (C=O) groups is 2. The molecule has 1 aromatic carbocycles. The van der Waals surface area contributed by atoms with Gasteiger partial charge in [0, 0.05) is 24.9 Å². The van der Waals surface area contributed by atoms with Crippen molar-refractivity contribution in [3.05, 3.63) is 66.0 Å². The standard InChI is InChI=1S/C18H22N2O.2C2HF3O2/c1-2-5-15(6-3-1)11-17-13-20-10-8-18(17)21-14-16-7-4-9-19-12-16;2*3-2(4,5)1(6)7/h1-7,9,12,17-18,20H,8,10-11,13-14H2;2*(H,6,7)/t17-,18-;;/m0../s1. The smallest absolute Gasteiger partial charge is 0.475 e. The minimum Gasteiger partial charge on any atom is -0.475 e. The molecule has 0 bridgehead atoms. The minimum absolute atomic E-state index is 0.326. The highest BCUT2D eigenvalue weighted by molar-refractivity contribution is 5.73. The van der Waals surface area contributed by atoms with Crippen LogP contribution in [-0.4, -0.2) is 58.7 Å². The molecule has 1 fully saturated rings. The first-order valence-corrected chi connectivity index (χ1v) is 10.2. The number of carboxylic acid groups (broad SMARTS) is 2. The van der Waals surface area contributed by atoms with Gasteiger partial charge in [0.1, 0.15) is 0 Å². The maximum absolute atomic E-state index is 10.6. The lowest BCUT2D eigenvalue weighted by atomic mass is 9.89. The van der Waals surface area contributed by atoms with Gasteiger partial charge in [-0.1, -0.05) is 36.4 Å². The maximum Gasteiger partial charge on any atom is 0.490 e. The van der Waals surface area contributed by atoms with Crippen LogP contribution in [-0.2, 0) is 27.4 Å². The van der Waals surface area contributed by atoms with Crippen molar-refractivity contribution in [3.63, 3.8) is 0 Å². The SMILES string of the molecule is O=C(O)C(F)(F)F.O=C(O)C(F)(F)F.c1ccc(C[C@H]2CNCC[C@@H]2OCc2cccnc2)cc1. The largest absolute Gasteiger partial charge is 0.490 e. The van der Waals surface area contributed by atoms with Gasteiger partial charge in [-0.15, -0.1) is 0 Å². The molecule has 2 heterocycles. The summed E-state index contributed by atoms with van der Waals surface area (Å²) in [6, 6.07) is 14.7. The Morgan fingerprint density at radius 1 is 0.943 bits per heavy atom. The molecule has 0 saturated carbocycles. The van der Waals surface area contributed by atoms with E-state index in [4.69, 9.17) is 24.5 Å². The van der Waals surface area contributed by atoms with Gasteiger partial charge < -0.3 is 20.3 Å². The zero-order valence-electron chi connectivity index (χ0n) is 18.2. The van der Waals surface area contributed by atoms with E-state index in [-0.39, 0.29) is 0 Å². The van der Waals surface area contributed by atoms with Gasteiger partial charge in [0.15, 0.2) is 0 Å². The molecule has 0 amide bonds. The summed E-state index contributed by atoms with van der Waals surface area (Å²) in [4.78, 5) is 21.9. The Morgan fingerprint density at radius 2 is 1.49 bits per heavy atom. The molecule has 0 spiro atoms. The number of rotatable bonds is 5. The van der Waals surface area contributed by atoms with Crippen LogP contribution in [0.15, 0.2) is 54.9 Å². The van der Waals surface area contributed by atoms with Crippen molar-refractivity contribution in [2.24, 2.45) is 5.92 Å². The molecule has 1 aromatic heterocycles. The maximum atomic E-state index is 10.6. The van der Waals surface area contributed by atoms with Crippen LogP contribution in [0.4, 0.5) is 26.3 Å². The molecule has 3 rings (SSSR count). The lowest BCUT2D eigenvalue weighted by Crippen LogP contribution is -2.42. The highest BCUT2D eigenvalue weighted by Crippen LogP contribution is 2.21. The number of carboxylic acids is 2. The molecule has 0 aliphatic carbocycles. The summed E-state index contributed by atoms with van der Waals surface area (Å²) >= 11 is 0. The molecule has 1 aliphatic heterocycles. The lowest BCUT2D eigenvalue weighted by molar-refractivity contribution is -0.193. The van der Waals surface area contributed by atoms with Crippen LogP contribution in [0.3, 0.4) is 0 Å². The summed E-state index contributed by atoms with van der Waals surface area (Å²) in [6.07, 6.45) is -4.00. The number of aliphatic carboxylic acids is 2. The monoisotopic (exact) mass is 510 g/mol. The number of nitrogens with zero attached hydrogens (tertiary/aromatic N) is 1. The zero-order chi connectivity index (χ0) is 26.5. The summed E-state index contributed by atoms with van der Waals surface area (Å²) < 4.78 is 69.6. The second-order valence-corrected chi connectivity index (χ2v) is 7.26. The summed E-state index contributed by atoms with van der Waals surface area (Å²) in [5.41, 5.74) is 2.54. The average Bonchev–Trinajstić information content (AvgIpc) is 2.79. The van der Waals surface area contributed by atoms with Gasteiger partial charge in [-0.05, 0) is 36.6 Å². The average molecular weight is 510 g/mol. The van der Waals surface area contributed by atoms with E-state index in [1.165, 1.54) is 5.56 Å². The number of aromatic nitrogens is 1. The minimum atomic E-state index is -5.08. The van der Waals surface area contributed by atoms with E-state index in [0.29, 0.717) is 18.6 Å². The summed E-state index contributed by atoms with van der Waals surface area (Å²) in [7, 11) is 0. The van der Waals surface area contributed by atoms with Crippen molar-refractivity contribution in [3.8, 4) is 0 Å². The fourth-order valence-electron chi connectivity index (χ4n) is 2.93. The van der Waals surface area contributed by atoms with Gasteiger partial charge in [-0.25, -0.2) is 9.59 Å². The highest BCUT2D eigenvalue weighted by atomic mass is 19.4. The fourth-order valence-corrected chi connectivity index (χ4v) is 2.93. The Kier molecular flexibility index (Phi) is 12.2. The van der Waals surface area contributed by atoms with E-state index in [2.05, 4.69) is 46.7 Å². The van der Waals surface area contributed by atoms with Crippen molar-refractivity contribution in [2.75, 3.05) is 13.1 Å². The predicted octanol–water partition coefficient (Wildman–Crippen LogP) is 4.09. The van der Waals surface area contributed by atoms with Crippen LogP contribution in [0.5, 0.6) is 0 Å². The van der Waals surface area contributed by atoms with E-state index in [1.807, 2.05) is 12.3 Å². The quantitative estimate of drug-likeness (QED) is 0.520. The Morgan fingerprint density at radius 3 is 1.97 bits per heavy atom. The zero-order valence-corrected chi connectivity index (χ0v) is 18.2. The fraction of sp³-hybridized carbons (Fsp3) is 0.409. The normalized spacial score (nSPS) is 17.8. The van der Waals surface area contributed by atoms with Gasteiger partial charge in [-0.2, -0.15) is 26.3 Å². The third-order valence-corrected chi connectivity index (χ3v) is 4.55. The van der Waals surface area contributed by atoms with Gasteiger partial charge in [0.05, 0.1) is 12.7 Å². The number of ether oxygens (including phenoxy) is 1. The van der Waals surface area contributed by atoms with Crippen molar-refractivity contribution in [2.45, 2.75) is 37.9 Å². The van der Waals surface area contributed by atoms with Crippen LogP contribution >= 0.6 is 0 Å². The molecular formula is C22H24F6N2O5. The van der Waals surface area contributed by atoms with Crippen molar-refractivity contribution in [1.82, 2.24) is 10.3 Å². The number of hydrogen-bond acceptors (Lipinski definition) is 5. The molecule has 1 aliphatic rings. The Hall–Kier alpha value is -3.19. The molecule has 13 heteroatoms. The molecule has 2 atom stereocenters. The number of pyridine rings is 1. The van der Waals surface area contributed by atoms with Crippen molar-refractivity contribution < 1.29 is 50.9 Å². The Bertz CT molecular complexity index is 871. The molecular weight excluding hydrogens is 486 g/mol. The van der Waals surface area contributed by atoms with Crippen LogP contribution in [0.2, 0.25) is 0 Å². The van der Waals surface area contributed by atoms with Crippen LogP contribution < -0.4 is 5.32 Å². The van der Waals surface area contributed by atoms with Crippen molar-refractivity contribution in [1.29, 1.82) is 0 Å². The van der Waals surface area contributed by atoms with Gasteiger partial charge >= 0.3 is 24.3 Å². The number of alkyl halides is 6. The van der Waals surface area contributed by atoms with Crippen LogP contribution in [0.1, 0.15) is 17.5 Å². The van der Waals surface area contributed by atoms with Crippen molar-refractivity contribution >= 4 is 11.9 Å². The second kappa shape index (κ2) is 14.3. The van der Waals surface area contributed by atoms with E-state index in [9.17, 15) is 26.3 Å². The van der Waals surface area contributed by atoms with E-state index in [0.717, 1.165) is 31.5 Å². The van der Waals surface area contributed by atoms with E-state index in [1.54, 1.807) is 6.20 Å². The number of hydrogen-bond donors (Lipinski definition) is 3. The molecule has 35 heavy (non-hydrogen) atoms. The number of benzene rings is 1. The molecule has 2 aromatic rings. The molecule has 3 N–H and O–H groups in total. The van der Waals surface area contributed by atoms with Gasteiger partial charge in [0.2, 0.25) is 0 Å². The van der Waals surface area contributed by atoms with E-state index < -0.39 is 24.3 Å². The number of halogens is 6. The summed E-state index contributed by atoms with van der Waals surface area (Å²) in [5.74, 6) is -4.97. The molecule has 0 unspecified atom stereocenters. The Labute approximate surface area is 196 Å². The highest BCUT2D eigenvalue weighted by Gasteiger charge is 2.38. The summed E-state index contributed by atoms with van der Waals surface area (Å²) in [6.45, 7) is 2.74. The third kappa shape index (κ3) is 12.7. The lowest BCUT2D eigenvalue weighted by Gasteiger charge is -2.32. The first-order chi connectivity index (χ1) is 16.3.